The molecule has 4 rings (SSSR count). The third-order valence-corrected chi connectivity index (χ3v) is 6.54. The summed E-state index contributed by atoms with van der Waals surface area (Å²) in [6, 6.07) is 37.9. The Morgan fingerprint density at radius 3 is 1.43 bits per heavy atom. The molecule has 0 bridgehead atoms. The van der Waals surface area contributed by atoms with Crippen LogP contribution in [0.5, 0.6) is 0 Å². The molecule has 208 valence electrons. The minimum Gasteiger partial charge on any atom is -0.388 e. The predicted molar refractivity (Wildman–Crippen MR) is 153 cm³/mol. The number of hydrogen-bond donors (Lipinski definition) is 2. The van der Waals surface area contributed by atoms with Crippen LogP contribution in [0.2, 0.25) is 0 Å². The average Bonchev–Trinajstić information content (AvgIpc) is 3.00. The van der Waals surface area contributed by atoms with Gasteiger partial charge in [0.2, 0.25) is 0 Å². The molecule has 0 aliphatic carbocycles. The van der Waals surface area contributed by atoms with Gasteiger partial charge in [0.1, 0.15) is 24.4 Å². The lowest BCUT2D eigenvalue weighted by Crippen LogP contribution is -2.52. The Morgan fingerprint density at radius 1 is 0.550 bits per heavy atom. The zero-order valence-electron chi connectivity index (χ0n) is 22.4. The molecule has 0 saturated carbocycles. The summed E-state index contributed by atoms with van der Waals surface area (Å²) in [6.07, 6.45) is -4.87. The van der Waals surface area contributed by atoms with Gasteiger partial charge < -0.3 is 24.4 Å². The van der Waals surface area contributed by atoms with Crippen molar-refractivity contribution >= 4 is 5.78 Å². The van der Waals surface area contributed by atoms with Gasteiger partial charge >= 0.3 is 0 Å². The SMILES string of the molecule is O=C(Cc1ccccc1)[C@H](O)[C@@H](OCc1ccccc1)[C@@H](OCc1ccccc1)[C@H](O)COCc1ccccc1. The van der Waals surface area contributed by atoms with Crippen molar-refractivity contribution in [3.8, 4) is 0 Å². The molecule has 6 nitrogen and oxygen atoms in total. The van der Waals surface area contributed by atoms with Gasteiger partial charge in [-0.2, -0.15) is 0 Å². The van der Waals surface area contributed by atoms with Crippen molar-refractivity contribution in [3.63, 3.8) is 0 Å². The Hall–Kier alpha value is -3.65. The van der Waals surface area contributed by atoms with Crippen LogP contribution in [0.3, 0.4) is 0 Å². The first-order valence-electron chi connectivity index (χ1n) is 13.5. The van der Waals surface area contributed by atoms with E-state index in [1.54, 1.807) is 0 Å². The van der Waals surface area contributed by atoms with E-state index in [4.69, 9.17) is 14.2 Å². The number of carbonyl (C=O) groups is 1. The van der Waals surface area contributed by atoms with E-state index >= 15 is 0 Å². The van der Waals surface area contributed by atoms with E-state index < -0.39 is 30.2 Å². The smallest absolute Gasteiger partial charge is 0.168 e. The van der Waals surface area contributed by atoms with Crippen LogP contribution in [-0.4, -0.2) is 47.0 Å². The molecule has 0 spiro atoms. The molecule has 0 heterocycles. The highest BCUT2D eigenvalue weighted by Gasteiger charge is 2.39. The molecule has 2 N–H and O–H groups in total. The third-order valence-electron chi connectivity index (χ3n) is 6.54. The summed E-state index contributed by atoms with van der Waals surface area (Å²) in [7, 11) is 0. The number of ether oxygens (including phenoxy) is 3. The van der Waals surface area contributed by atoms with E-state index in [1.165, 1.54) is 0 Å². The number of aliphatic hydroxyl groups is 2. The van der Waals surface area contributed by atoms with Gasteiger partial charge in [-0.05, 0) is 22.3 Å². The van der Waals surface area contributed by atoms with Crippen LogP contribution in [0.15, 0.2) is 121 Å². The fourth-order valence-electron chi connectivity index (χ4n) is 4.38. The van der Waals surface area contributed by atoms with E-state index in [0.717, 1.165) is 22.3 Å². The van der Waals surface area contributed by atoms with Gasteiger partial charge in [-0.1, -0.05) is 121 Å². The summed E-state index contributed by atoms with van der Waals surface area (Å²) in [5, 5.41) is 22.6. The van der Waals surface area contributed by atoms with Gasteiger partial charge in [-0.25, -0.2) is 0 Å². The molecule has 0 amide bonds. The summed E-state index contributed by atoms with van der Waals surface area (Å²) in [5.74, 6) is -0.421. The van der Waals surface area contributed by atoms with Crippen molar-refractivity contribution in [1.82, 2.24) is 0 Å². The fourth-order valence-corrected chi connectivity index (χ4v) is 4.38. The second-order valence-electron chi connectivity index (χ2n) is 9.66. The van der Waals surface area contributed by atoms with Crippen LogP contribution in [0.4, 0.5) is 0 Å². The van der Waals surface area contributed by atoms with Crippen molar-refractivity contribution in [1.29, 1.82) is 0 Å². The highest BCUT2D eigenvalue weighted by atomic mass is 16.6. The second kappa shape index (κ2) is 15.8. The van der Waals surface area contributed by atoms with Gasteiger partial charge in [-0.15, -0.1) is 0 Å². The molecule has 0 aliphatic rings. The van der Waals surface area contributed by atoms with E-state index in [0.29, 0.717) is 6.61 Å². The van der Waals surface area contributed by atoms with Crippen LogP contribution < -0.4 is 0 Å². The summed E-state index contributed by atoms with van der Waals surface area (Å²) in [5.41, 5.74) is 3.50. The number of ketones is 1. The zero-order valence-corrected chi connectivity index (χ0v) is 22.4. The first-order chi connectivity index (χ1) is 19.6. The average molecular weight is 541 g/mol. The Morgan fingerprint density at radius 2 is 0.950 bits per heavy atom. The highest BCUT2D eigenvalue weighted by Crippen LogP contribution is 2.20. The standard InChI is InChI=1S/C34H36O6/c35-30(21-26-13-5-1-6-14-26)32(37)34(40-24-29-19-11-4-12-20-29)33(39-23-28-17-9-3-10-18-28)31(36)25-38-22-27-15-7-2-8-16-27/h1-20,31-34,36-37H,21-25H2/t31-,32+,33+,34-/m1/s1. The molecule has 0 aliphatic heterocycles. The van der Waals surface area contributed by atoms with E-state index in [2.05, 4.69) is 0 Å². The zero-order chi connectivity index (χ0) is 28.0. The molecule has 4 aromatic carbocycles. The van der Waals surface area contributed by atoms with Gasteiger partial charge in [0.15, 0.2) is 5.78 Å². The Labute approximate surface area is 235 Å². The summed E-state index contributed by atoms with van der Waals surface area (Å²) in [6.45, 7) is 0.517. The largest absolute Gasteiger partial charge is 0.388 e. The Kier molecular flexibility index (Phi) is 11.6. The maximum absolute atomic E-state index is 13.3. The first-order valence-corrected chi connectivity index (χ1v) is 13.5. The summed E-state index contributed by atoms with van der Waals surface area (Å²) in [4.78, 5) is 13.3. The van der Waals surface area contributed by atoms with E-state index in [-0.39, 0.29) is 26.2 Å². The second-order valence-corrected chi connectivity index (χ2v) is 9.66. The minimum absolute atomic E-state index is 0.0270. The monoisotopic (exact) mass is 540 g/mol. The lowest BCUT2D eigenvalue weighted by molar-refractivity contribution is -0.180. The maximum Gasteiger partial charge on any atom is 0.168 e. The molecule has 0 aromatic heterocycles. The van der Waals surface area contributed by atoms with E-state index in [9.17, 15) is 15.0 Å². The molecule has 4 atom stereocenters. The van der Waals surface area contributed by atoms with Gasteiger partial charge in [0.05, 0.1) is 26.4 Å². The fraction of sp³-hybridized carbons (Fsp3) is 0.265. The van der Waals surface area contributed by atoms with Crippen LogP contribution in [0, 0.1) is 0 Å². The quantitative estimate of drug-likeness (QED) is 0.210. The van der Waals surface area contributed by atoms with Gasteiger partial charge in [-0.3, -0.25) is 4.79 Å². The molecule has 0 saturated heterocycles. The Balaban J connectivity index is 1.54. The molecule has 0 unspecified atom stereocenters. The summed E-state index contributed by atoms with van der Waals surface area (Å²) < 4.78 is 18.2. The van der Waals surface area contributed by atoms with Gasteiger partial charge in [0.25, 0.3) is 0 Å². The molecule has 4 aromatic rings. The van der Waals surface area contributed by atoms with Crippen LogP contribution >= 0.6 is 0 Å². The van der Waals surface area contributed by atoms with Crippen molar-refractivity contribution in [2.45, 2.75) is 50.7 Å². The number of Topliss-reactive ketones (excluding diaryl/α,β-unsaturated/α-hetero) is 1. The molecule has 6 heteroatoms. The predicted octanol–water partition coefficient (Wildman–Crippen LogP) is 4.91. The van der Waals surface area contributed by atoms with Crippen molar-refractivity contribution in [3.05, 3.63) is 144 Å². The number of benzene rings is 4. The highest BCUT2D eigenvalue weighted by molar-refractivity contribution is 5.85. The van der Waals surface area contributed by atoms with Crippen molar-refractivity contribution in [2.75, 3.05) is 6.61 Å². The maximum atomic E-state index is 13.3. The first kappa shape index (κ1) is 29.3. The van der Waals surface area contributed by atoms with Gasteiger partial charge in [0, 0.05) is 6.42 Å². The third kappa shape index (κ3) is 9.23. The number of carbonyl (C=O) groups excluding carboxylic acids is 1. The molecule has 0 fully saturated rings. The van der Waals surface area contributed by atoms with Crippen LogP contribution in [0.1, 0.15) is 22.3 Å². The lowest BCUT2D eigenvalue weighted by atomic mass is 9.96. The van der Waals surface area contributed by atoms with E-state index in [1.807, 2.05) is 121 Å². The molecule has 40 heavy (non-hydrogen) atoms. The van der Waals surface area contributed by atoms with Crippen molar-refractivity contribution < 1.29 is 29.2 Å². The van der Waals surface area contributed by atoms with Crippen LogP contribution in [-0.2, 0) is 45.2 Å². The minimum atomic E-state index is -1.53. The lowest BCUT2D eigenvalue weighted by Gasteiger charge is -2.33. The Bertz CT molecular complexity index is 1250. The summed E-state index contributed by atoms with van der Waals surface area (Å²) >= 11 is 0. The number of hydrogen-bond acceptors (Lipinski definition) is 6. The topological polar surface area (TPSA) is 85.2 Å². The van der Waals surface area contributed by atoms with Crippen LogP contribution in [0.25, 0.3) is 0 Å². The molecular formula is C34H36O6. The normalized spacial score (nSPS) is 14.2. The molecular weight excluding hydrogens is 504 g/mol. The number of aliphatic hydroxyl groups excluding tert-OH is 2. The molecule has 0 radical (unpaired) electrons. The number of rotatable bonds is 16. The van der Waals surface area contributed by atoms with Crippen molar-refractivity contribution in [2.24, 2.45) is 0 Å².